The summed E-state index contributed by atoms with van der Waals surface area (Å²) in [7, 11) is -3.63. The number of benzene rings is 1. The highest BCUT2D eigenvalue weighted by Crippen LogP contribution is 2.38. The van der Waals surface area contributed by atoms with Crippen molar-refractivity contribution >= 4 is 10.0 Å². The fraction of sp³-hybridized carbons (Fsp3) is 0.625. The van der Waals surface area contributed by atoms with Gasteiger partial charge in [0.05, 0.1) is 4.90 Å². The van der Waals surface area contributed by atoms with Crippen LogP contribution in [0.15, 0.2) is 29.2 Å². The SMILES string of the molecule is CC1CC(NS(=O)(=O)c2ccccc2C[O])CC(C)(C)C1. The van der Waals surface area contributed by atoms with Gasteiger partial charge in [-0.05, 0) is 36.7 Å². The molecule has 4 nitrogen and oxygen atoms in total. The standard InChI is InChI=1S/C16H24NO3S/c1-12-8-14(10-16(2,3)9-12)17-21(19,20)15-7-5-4-6-13(15)11-18/h4-7,12,14,17H,8-11H2,1-3H3. The number of sulfonamides is 1. The van der Waals surface area contributed by atoms with Crippen molar-refractivity contribution < 1.29 is 13.5 Å². The van der Waals surface area contributed by atoms with E-state index in [0.717, 1.165) is 19.3 Å². The van der Waals surface area contributed by atoms with Gasteiger partial charge in [0, 0.05) is 11.6 Å². The van der Waals surface area contributed by atoms with Crippen molar-refractivity contribution in [3.8, 4) is 0 Å². The topological polar surface area (TPSA) is 66.1 Å². The van der Waals surface area contributed by atoms with Crippen molar-refractivity contribution in [2.24, 2.45) is 11.3 Å². The maximum Gasteiger partial charge on any atom is 0.241 e. The summed E-state index contributed by atoms with van der Waals surface area (Å²) in [4.78, 5) is 0.121. The molecule has 1 saturated carbocycles. The molecule has 0 aromatic heterocycles. The van der Waals surface area contributed by atoms with E-state index in [1.54, 1.807) is 18.2 Å². The molecule has 0 saturated heterocycles. The van der Waals surface area contributed by atoms with Crippen molar-refractivity contribution in [2.75, 3.05) is 0 Å². The van der Waals surface area contributed by atoms with E-state index in [0.29, 0.717) is 11.5 Å². The second kappa shape index (κ2) is 6.07. The van der Waals surface area contributed by atoms with Gasteiger partial charge in [0.15, 0.2) is 0 Å². The molecule has 0 aliphatic heterocycles. The summed E-state index contributed by atoms with van der Waals surface area (Å²) in [6.07, 6.45) is 2.79. The third-order valence-electron chi connectivity index (χ3n) is 4.13. The smallest absolute Gasteiger partial charge is 0.232 e. The minimum absolute atomic E-state index is 0.0616. The Hall–Kier alpha value is -0.910. The Balaban J connectivity index is 2.21. The van der Waals surface area contributed by atoms with Crippen LogP contribution in [-0.4, -0.2) is 14.5 Å². The number of hydrogen-bond acceptors (Lipinski definition) is 2. The van der Waals surface area contributed by atoms with Crippen molar-refractivity contribution in [3.05, 3.63) is 29.8 Å². The van der Waals surface area contributed by atoms with Crippen LogP contribution in [-0.2, 0) is 21.7 Å². The maximum absolute atomic E-state index is 12.5. The van der Waals surface area contributed by atoms with Crippen LogP contribution in [0.3, 0.4) is 0 Å². The fourth-order valence-corrected chi connectivity index (χ4v) is 5.08. The lowest BCUT2D eigenvalue weighted by Crippen LogP contribution is -2.43. The zero-order chi connectivity index (χ0) is 15.7. The van der Waals surface area contributed by atoms with Gasteiger partial charge in [0.25, 0.3) is 0 Å². The molecule has 1 aromatic carbocycles. The van der Waals surface area contributed by atoms with E-state index in [-0.39, 0.29) is 16.4 Å². The van der Waals surface area contributed by atoms with E-state index in [1.165, 1.54) is 6.07 Å². The van der Waals surface area contributed by atoms with Gasteiger partial charge in [-0.3, -0.25) is 0 Å². The van der Waals surface area contributed by atoms with Crippen LogP contribution >= 0.6 is 0 Å². The maximum atomic E-state index is 12.5. The van der Waals surface area contributed by atoms with Crippen LogP contribution < -0.4 is 4.72 Å². The minimum atomic E-state index is -3.63. The Morgan fingerprint density at radius 1 is 1.24 bits per heavy atom. The molecule has 0 amide bonds. The monoisotopic (exact) mass is 310 g/mol. The molecular weight excluding hydrogens is 286 g/mol. The van der Waals surface area contributed by atoms with Crippen LogP contribution in [0.2, 0.25) is 0 Å². The second-order valence-electron chi connectivity index (χ2n) is 6.98. The highest BCUT2D eigenvalue weighted by Gasteiger charge is 2.34. The molecule has 0 heterocycles. The van der Waals surface area contributed by atoms with Crippen LogP contribution in [0.5, 0.6) is 0 Å². The Morgan fingerprint density at radius 3 is 2.52 bits per heavy atom. The second-order valence-corrected chi connectivity index (χ2v) is 8.67. The molecule has 1 aromatic rings. The molecule has 117 valence electrons. The van der Waals surface area contributed by atoms with Crippen molar-refractivity contribution in [1.29, 1.82) is 0 Å². The van der Waals surface area contributed by atoms with Crippen LogP contribution in [0, 0.1) is 11.3 Å². The van der Waals surface area contributed by atoms with Crippen LogP contribution in [0.25, 0.3) is 0 Å². The van der Waals surface area contributed by atoms with Crippen LogP contribution in [0.4, 0.5) is 0 Å². The first-order valence-corrected chi connectivity index (χ1v) is 8.90. The summed E-state index contributed by atoms with van der Waals surface area (Å²) < 4.78 is 27.9. The zero-order valence-electron chi connectivity index (χ0n) is 12.9. The van der Waals surface area contributed by atoms with Crippen molar-refractivity contribution in [1.82, 2.24) is 4.72 Å². The third-order valence-corrected chi connectivity index (χ3v) is 5.75. The largest absolute Gasteiger partial charge is 0.241 e. The van der Waals surface area contributed by atoms with E-state index >= 15 is 0 Å². The zero-order valence-corrected chi connectivity index (χ0v) is 13.7. The van der Waals surface area contributed by atoms with Gasteiger partial charge in [-0.1, -0.05) is 39.0 Å². The quantitative estimate of drug-likeness (QED) is 0.928. The highest BCUT2D eigenvalue weighted by atomic mass is 32.2. The van der Waals surface area contributed by atoms with E-state index in [2.05, 4.69) is 25.5 Å². The summed E-state index contributed by atoms with van der Waals surface area (Å²) in [6, 6.07) is 6.37. The number of hydrogen-bond donors (Lipinski definition) is 1. The summed E-state index contributed by atoms with van der Waals surface area (Å²) >= 11 is 0. The molecule has 2 unspecified atom stereocenters. The molecule has 21 heavy (non-hydrogen) atoms. The lowest BCUT2D eigenvalue weighted by atomic mass is 9.71. The van der Waals surface area contributed by atoms with Crippen molar-refractivity contribution in [2.45, 2.75) is 57.6 Å². The molecule has 1 aliphatic carbocycles. The molecule has 2 rings (SSSR count). The third kappa shape index (κ3) is 4.05. The van der Waals surface area contributed by atoms with E-state index in [1.807, 2.05) is 0 Å². The predicted molar refractivity (Wildman–Crippen MR) is 81.7 cm³/mol. The van der Waals surface area contributed by atoms with Crippen molar-refractivity contribution in [3.63, 3.8) is 0 Å². The Bertz CT molecular complexity index is 595. The average Bonchev–Trinajstić information content (AvgIpc) is 2.35. The highest BCUT2D eigenvalue weighted by molar-refractivity contribution is 7.89. The first kappa shape index (κ1) is 16.5. The Labute approximate surface area is 127 Å². The molecular formula is C16H24NO3S. The summed E-state index contributed by atoms with van der Waals surface area (Å²) in [6.45, 7) is 5.99. The van der Waals surface area contributed by atoms with E-state index in [4.69, 9.17) is 0 Å². The molecule has 1 radical (unpaired) electrons. The first-order valence-electron chi connectivity index (χ1n) is 7.42. The molecule has 2 atom stereocenters. The fourth-order valence-electron chi connectivity index (χ4n) is 3.60. The summed E-state index contributed by atoms with van der Waals surface area (Å²) in [5, 5.41) is 11.2. The molecule has 0 spiro atoms. The van der Waals surface area contributed by atoms with Gasteiger partial charge in [0.2, 0.25) is 10.0 Å². The lowest BCUT2D eigenvalue weighted by molar-refractivity contribution is 0.162. The average molecular weight is 310 g/mol. The minimum Gasteiger partial charge on any atom is -0.232 e. The van der Waals surface area contributed by atoms with E-state index in [9.17, 15) is 13.5 Å². The Morgan fingerprint density at radius 2 is 1.90 bits per heavy atom. The van der Waals surface area contributed by atoms with Gasteiger partial charge in [0.1, 0.15) is 6.61 Å². The van der Waals surface area contributed by atoms with Crippen LogP contribution in [0.1, 0.15) is 45.6 Å². The molecule has 5 heteroatoms. The summed E-state index contributed by atoms with van der Waals surface area (Å²) in [5.41, 5.74) is 0.469. The number of nitrogens with one attached hydrogen (secondary N) is 1. The summed E-state index contributed by atoms with van der Waals surface area (Å²) in [5.74, 6) is 0.496. The molecule has 1 N–H and O–H groups in total. The normalized spacial score (nSPS) is 25.7. The predicted octanol–water partition coefficient (Wildman–Crippen LogP) is 3.11. The number of rotatable bonds is 4. The van der Waals surface area contributed by atoms with Gasteiger partial charge in [-0.2, -0.15) is 0 Å². The van der Waals surface area contributed by atoms with Gasteiger partial charge in [-0.15, -0.1) is 0 Å². The van der Waals surface area contributed by atoms with Gasteiger partial charge in [-0.25, -0.2) is 18.2 Å². The molecule has 0 bridgehead atoms. The lowest BCUT2D eigenvalue weighted by Gasteiger charge is -2.39. The Kier molecular flexibility index (Phi) is 4.76. The molecule has 1 aliphatic rings. The molecule has 1 fully saturated rings. The van der Waals surface area contributed by atoms with Gasteiger partial charge < -0.3 is 0 Å². The first-order chi connectivity index (χ1) is 9.73. The van der Waals surface area contributed by atoms with E-state index < -0.39 is 16.6 Å². The van der Waals surface area contributed by atoms with Gasteiger partial charge >= 0.3 is 0 Å².